The van der Waals surface area contributed by atoms with E-state index in [9.17, 15) is 4.39 Å². The number of rotatable bonds is 1. The van der Waals surface area contributed by atoms with Crippen LogP contribution < -0.4 is 5.73 Å². The Balaban J connectivity index is 2.58. The Morgan fingerprint density at radius 3 is 2.86 bits per heavy atom. The van der Waals surface area contributed by atoms with E-state index in [0.717, 1.165) is 0 Å². The van der Waals surface area contributed by atoms with Crippen LogP contribution in [0.2, 0.25) is 0 Å². The quantitative estimate of drug-likeness (QED) is 0.735. The zero-order valence-corrected chi connectivity index (χ0v) is 7.18. The molecule has 2 rings (SSSR count). The summed E-state index contributed by atoms with van der Waals surface area (Å²) in [6.07, 6.45) is 4.34. The van der Waals surface area contributed by atoms with Gasteiger partial charge in [-0.05, 0) is 12.1 Å². The SMILES string of the molecule is Nc1ncnc(-c2cccnc2)c1F. The summed E-state index contributed by atoms with van der Waals surface area (Å²) in [5.41, 5.74) is 6.07. The van der Waals surface area contributed by atoms with E-state index in [1.807, 2.05) is 0 Å². The van der Waals surface area contributed by atoms with Gasteiger partial charge in [-0.15, -0.1) is 0 Å². The van der Waals surface area contributed by atoms with E-state index in [4.69, 9.17) is 5.73 Å². The minimum absolute atomic E-state index is 0.154. The van der Waals surface area contributed by atoms with Gasteiger partial charge in [-0.25, -0.2) is 14.4 Å². The molecular weight excluding hydrogens is 183 g/mol. The Kier molecular flexibility index (Phi) is 2.06. The van der Waals surface area contributed by atoms with Gasteiger partial charge in [-0.1, -0.05) is 0 Å². The van der Waals surface area contributed by atoms with Crippen LogP contribution in [0.1, 0.15) is 0 Å². The fraction of sp³-hybridized carbons (Fsp3) is 0. The highest BCUT2D eigenvalue weighted by atomic mass is 19.1. The van der Waals surface area contributed by atoms with Crippen LogP contribution in [0, 0.1) is 5.82 Å². The van der Waals surface area contributed by atoms with Gasteiger partial charge in [0.25, 0.3) is 0 Å². The van der Waals surface area contributed by atoms with E-state index in [-0.39, 0.29) is 11.5 Å². The maximum atomic E-state index is 13.4. The molecule has 0 aliphatic heterocycles. The van der Waals surface area contributed by atoms with Gasteiger partial charge in [0.15, 0.2) is 11.6 Å². The van der Waals surface area contributed by atoms with Crippen LogP contribution in [-0.4, -0.2) is 15.0 Å². The lowest BCUT2D eigenvalue weighted by Crippen LogP contribution is -1.99. The van der Waals surface area contributed by atoms with Gasteiger partial charge in [0.1, 0.15) is 12.0 Å². The third-order valence-corrected chi connectivity index (χ3v) is 1.75. The summed E-state index contributed by atoms with van der Waals surface area (Å²) in [6, 6.07) is 3.41. The number of nitrogens with two attached hydrogens (primary N) is 1. The van der Waals surface area contributed by atoms with Crippen LogP contribution in [0.15, 0.2) is 30.9 Å². The van der Waals surface area contributed by atoms with Crippen LogP contribution >= 0.6 is 0 Å². The molecule has 0 aliphatic carbocycles. The van der Waals surface area contributed by atoms with Crippen molar-refractivity contribution in [3.05, 3.63) is 36.7 Å². The van der Waals surface area contributed by atoms with E-state index in [1.54, 1.807) is 18.3 Å². The molecule has 70 valence electrons. The fourth-order valence-corrected chi connectivity index (χ4v) is 1.09. The smallest absolute Gasteiger partial charge is 0.191 e. The molecule has 0 atom stereocenters. The largest absolute Gasteiger partial charge is 0.381 e. The highest BCUT2D eigenvalue weighted by molar-refractivity contribution is 5.61. The molecule has 4 nitrogen and oxygen atoms in total. The van der Waals surface area contributed by atoms with Gasteiger partial charge >= 0.3 is 0 Å². The number of anilines is 1. The van der Waals surface area contributed by atoms with Crippen molar-refractivity contribution in [3.63, 3.8) is 0 Å². The molecule has 0 aliphatic rings. The van der Waals surface area contributed by atoms with E-state index < -0.39 is 5.82 Å². The minimum atomic E-state index is -0.611. The summed E-state index contributed by atoms with van der Waals surface area (Å²) >= 11 is 0. The molecule has 2 heterocycles. The van der Waals surface area contributed by atoms with Crippen LogP contribution in [0.25, 0.3) is 11.3 Å². The van der Waals surface area contributed by atoms with E-state index >= 15 is 0 Å². The maximum Gasteiger partial charge on any atom is 0.191 e. The van der Waals surface area contributed by atoms with E-state index in [0.29, 0.717) is 5.56 Å². The molecule has 0 saturated carbocycles. The number of hydrogen-bond donors (Lipinski definition) is 1. The van der Waals surface area contributed by atoms with Crippen molar-refractivity contribution in [2.75, 3.05) is 5.73 Å². The molecule has 2 aromatic heterocycles. The van der Waals surface area contributed by atoms with Gasteiger partial charge in [-0.3, -0.25) is 4.98 Å². The third-order valence-electron chi connectivity index (χ3n) is 1.75. The van der Waals surface area contributed by atoms with Crippen molar-refractivity contribution in [2.24, 2.45) is 0 Å². The number of nitrogen functional groups attached to an aromatic ring is 1. The first-order valence-electron chi connectivity index (χ1n) is 3.95. The Bertz CT molecular complexity index is 444. The Hall–Kier alpha value is -2.04. The first-order valence-corrected chi connectivity index (χ1v) is 3.95. The van der Waals surface area contributed by atoms with E-state index in [2.05, 4.69) is 15.0 Å². The molecule has 0 bridgehead atoms. The first-order chi connectivity index (χ1) is 6.79. The first kappa shape index (κ1) is 8.55. The van der Waals surface area contributed by atoms with Crippen LogP contribution in [-0.2, 0) is 0 Å². The lowest BCUT2D eigenvalue weighted by atomic mass is 10.2. The summed E-state index contributed by atoms with van der Waals surface area (Å²) < 4.78 is 13.4. The average molecular weight is 190 g/mol. The number of nitrogens with zero attached hydrogens (tertiary/aromatic N) is 3. The highest BCUT2D eigenvalue weighted by Gasteiger charge is 2.09. The summed E-state index contributed by atoms with van der Waals surface area (Å²) in [7, 11) is 0. The second-order valence-corrected chi connectivity index (χ2v) is 2.66. The van der Waals surface area contributed by atoms with Gasteiger partial charge in [0.2, 0.25) is 0 Å². The van der Waals surface area contributed by atoms with Crippen molar-refractivity contribution >= 4 is 5.82 Å². The number of aromatic nitrogens is 3. The Morgan fingerprint density at radius 2 is 2.14 bits per heavy atom. The second-order valence-electron chi connectivity index (χ2n) is 2.66. The molecule has 14 heavy (non-hydrogen) atoms. The van der Waals surface area contributed by atoms with Crippen molar-refractivity contribution in [1.82, 2.24) is 15.0 Å². The highest BCUT2D eigenvalue weighted by Crippen LogP contribution is 2.20. The lowest BCUT2D eigenvalue weighted by Gasteiger charge is -2.02. The van der Waals surface area contributed by atoms with Gasteiger partial charge in [0.05, 0.1) is 0 Å². The zero-order chi connectivity index (χ0) is 9.97. The zero-order valence-electron chi connectivity index (χ0n) is 7.18. The normalized spacial score (nSPS) is 10.1. The van der Waals surface area contributed by atoms with Gasteiger partial charge in [0, 0.05) is 18.0 Å². The van der Waals surface area contributed by atoms with E-state index in [1.165, 1.54) is 12.5 Å². The number of pyridine rings is 1. The molecule has 0 unspecified atom stereocenters. The lowest BCUT2D eigenvalue weighted by molar-refractivity contribution is 0.624. The molecule has 5 heteroatoms. The Morgan fingerprint density at radius 1 is 1.29 bits per heavy atom. The molecular formula is C9H7FN4. The Labute approximate surface area is 79.7 Å². The van der Waals surface area contributed by atoms with Crippen molar-refractivity contribution in [2.45, 2.75) is 0 Å². The average Bonchev–Trinajstić information content (AvgIpc) is 2.23. The van der Waals surface area contributed by atoms with Gasteiger partial charge < -0.3 is 5.73 Å². The summed E-state index contributed by atoms with van der Waals surface area (Å²) in [4.78, 5) is 11.2. The molecule has 0 fully saturated rings. The second kappa shape index (κ2) is 3.37. The molecule has 0 spiro atoms. The predicted molar refractivity (Wildman–Crippen MR) is 49.6 cm³/mol. The fourth-order valence-electron chi connectivity index (χ4n) is 1.09. The summed E-state index contributed by atoms with van der Waals surface area (Å²) in [6.45, 7) is 0. The molecule has 0 radical (unpaired) electrons. The molecule has 0 amide bonds. The van der Waals surface area contributed by atoms with Crippen LogP contribution in [0.5, 0.6) is 0 Å². The molecule has 0 aromatic carbocycles. The summed E-state index contributed by atoms with van der Waals surface area (Å²) in [5, 5.41) is 0. The number of hydrogen-bond acceptors (Lipinski definition) is 4. The molecule has 2 aromatic rings. The predicted octanol–water partition coefficient (Wildman–Crippen LogP) is 1.26. The summed E-state index contributed by atoms with van der Waals surface area (Å²) in [5.74, 6) is -0.764. The minimum Gasteiger partial charge on any atom is -0.381 e. The molecule has 2 N–H and O–H groups in total. The number of halogens is 1. The van der Waals surface area contributed by atoms with Crippen LogP contribution in [0.4, 0.5) is 10.2 Å². The monoisotopic (exact) mass is 190 g/mol. The standard InChI is InChI=1S/C9H7FN4/c10-7-8(13-5-14-9(7)11)6-2-1-3-12-4-6/h1-5H,(H2,11,13,14). The van der Waals surface area contributed by atoms with Crippen molar-refractivity contribution in [1.29, 1.82) is 0 Å². The molecule has 0 saturated heterocycles. The van der Waals surface area contributed by atoms with Crippen molar-refractivity contribution < 1.29 is 4.39 Å². The van der Waals surface area contributed by atoms with Crippen LogP contribution in [0.3, 0.4) is 0 Å². The topological polar surface area (TPSA) is 64.7 Å². The van der Waals surface area contributed by atoms with Gasteiger partial charge in [-0.2, -0.15) is 0 Å². The maximum absolute atomic E-state index is 13.4. The third kappa shape index (κ3) is 1.39. The van der Waals surface area contributed by atoms with Crippen molar-refractivity contribution in [3.8, 4) is 11.3 Å².